The number of carbonyl (C=O) groups excluding carboxylic acids is 2. The van der Waals surface area contributed by atoms with Gasteiger partial charge in [0.25, 0.3) is 5.91 Å². The highest BCUT2D eigenvalue weighted by Crippen LogP contribution is 2.40. The molecule has 0 spiro atoms. The molecule has 1 N–H and O–H groups in total. The van der Waals surface area contributed by atoms with E-state index in [0.717, 1.165) is 27.2 Å². The summed E-state index contributed by atoms with van der Waals surface area (Å²) in [5.74, 6) is -0.824. The van der Waals surface area contributed by atoms with Gasteiger partial charge in [-0.2, -0.15) is 13.2 Å². The molecule has 1 aliphatic heterocycles. The standard InChI is InChI=1S/C24H22F3N3O3S/c1-12(22(31)29-18-8-6-5-7-17(18)24(25,26)27)30-19-11-16(21-14(3)34-15(4)28-21)9-10-20(19)33-13(2)23(30)32/h5-13H,1-4H3,(H,29,31). The van der Waals surface area contributed by atoms with Crippen molar-refractivity contribution in [1.29, 1.82) is 0 Å². The van der Waals surface area contributed by atoms with Crippen LogP contribution in [0.5, 0.6) is 5.75 Å². The van der Waals surface area contributed by atoms with Crippen LogP contribution in [0.15, 0.2) is 42.5 Å². The summed E-state index contributed by atoms with van der Waals surface area (Å²) >= 11 is 1.54. The van der Waals surface area contributed by atoms with Crippen LogP contribution < -0.4 is 15.0 Å². The molecule has 178 valence electrons. The number of thiazole rings is 1. The molecular formula is C24H22F3N3O3S. The first kappa shape index (κ1) is 23.7. The lowest BCUT2D eigenvalue weighted by atomic mass is 10.0. The number of amides is 2. The Hall–Kier alpha value is -3.40. The van der Waals surface area contributed by atoms with Crippen molar-refractivity contribution in [3.05, 3.63) is 57.9 Å². The summed E-state index contributed by atoms with van der Waals surface area (Å²) in [6, 6.07) is 8.86. The Morgan fingerprint density at radius 3 is 2.56 bits per heavy atom. The largest absolute Gasteiger partial charge is 0.479 e. The smallest absolute Gasteiger partial charge is 0.418 e. The van der Waals surface area contributed by atoms with Crippen LogP contribution in [0.25, 0.3) is 11.3 Å². The van der Waals surface area contributed by atoms with Crippen LogP contribution in [-0.2, 0) is 15.8 Å². The lowest BCUT2D eigenvalue weighted by Crippen LogP contribution is -2.52. The van der Waals surface area contributed by atoms with E-state index in [-0.39, 0.29) is 5.69 Å². The number of anilines is 2. The summed E-state index contributed by atoms with van der Waals surface area (Å²) in [7, 11) is 0. The third-order valence-corrected chi connectivity index (χ3v) is 6.43. The number of fused-ring (bicyclic) bond motifs is 1. The molecular weight excluding hydrogens is 467 g/mol. The number of halogens is 3. The van der Waals surface area contributed by atoms with Crippen LogP contribution in [0.1, 0.15) is 29.3 Å². The van der Waals surface area contributed by atoms with Crippen molar-refractivity contribution in [2.45, 2.75) is 46.0 Å². The zero-order valence-corrected chi connectivity index (χ0v) is 19.7. The molecule has 3 aromatic rings. The van der Waals surface area contributed by atoms with Crippen molar-refractivity contribution in [2.24, 2.45) is 0 Å². The molecule has 2 aromatic carbocycles. The number of ether oxygens (including phenoxy) is 1. The quantitative estimate of drug-likeness (QED) is 0.519. The summed E-state index contributed by atoms with van der Waals surface area (Å²) in [6.07, 6.45) is -5.50. The van der Waals surface area contributed by atoms with Gasteiger partial charge in [-0.3, -0.25) is 14.5 Å². The number of nitrogens with one attached hydrogen (secondary N) is 1. The van der Waals surface area contributed by atoms with Gasteiger partial charge in [-0.15, -0.1) is 11.3 Å². The summed E-state index contributed by atoms with van der Waals surface area (Å²) < 4.78 is 45.8. The Labute approximate surface area is 198 Å². The second-order valence-electron chi connectivity index (χ2n) is 8.00. The van der Waals surface area contributed by atoms with Crippen molar-refractivity contribution in [2.75, 3.05) is 10.2 Å². The molecule has 2 unspecified atom stereocenters. The molecule has 2 atom stereocenters. The van der Waals surface area contributed by atoms with Gasteiger partial charge in [0, 0.05) is 10.4 Å². The van der Waals surface area contributed by atoms with Crippen molar-refractivity contribution < 1.29 is 27.5 Å². The predicted octanol–water partition coefficient (Wildman–Crippen LogP) is 5.59. The van der Waals surface area contributed by atoms with Gasteiger partial charge in [0.2, 0.25) is 5.91 Å². The second kappa shape index (κ2) is 8.75. The average molecular weight is 490 g/mol. The van der Waals surface area contributed by atoms with Gasteiger partial charge in [-0.25, -0.2) is 4.98 Å². The van der Waals surface area contributed by atoms with Crippen LogP contribution >= 0.6 is 11.3 Å². The van der Waals surface area contributed by atoms with Crippen LogP contribution in [0.3, 0.4) is 0 Å². The van der Waals surface area contributed by atoms with E-state index < -0.39 is 35.7 Å². The minimum atomic E-state index is -4.64. The molecule has 6 nitrogen and oxygen atoms in total. The van der Waals surface area contributed by atoms with Crippen LogP contribution in [0.2, 0.25) is 0 Å². The highest BCUT2D eigenvalue weighted by Gasteiger charge is 2.39. The molecule has 0 bridgehead atoms. The number of carbonyl (C=O) groups is 2. The Bertz CT molecular complexity index is 1270. The van der Waals surface area contributed by atoms with Crippen molar-refractivity contribution >= 4 is 34.5 Å². The SMILES string of the molecule is Cc1nc(-c2ccc3c(c2)N(C(C)C(=O)Nc2ccccc2C(F)(F)F)C(=O)C(C)O3)c(C)s1. The number of aryl methyl sites for hydroxylation is 2. The molecule has 0 saturated carbocycles. The van der Waals surface area contributed by atoms with Gasteiger partial charge >= 0.3 is 6.18 Å². The Morgan fingerprint density at radius 1 is 1.21 bits per heavy atom. The minimum Gasteiger partial charge on any atom is -0.479 e. The summed E-state index contributed by atoms with van der Waals surface area (Å²) in [5.41, 5.74) is 0.522. The van der Waals surface area contributed by atoms with Gasteiger partial charge in [0.15, 0.2) is 6.10 Å². The zero-order chi connectivity index (χ0) is 24.8. The normalized spacial score (nSPS) is 16.6. The lowest BCUT2D eigenvalue weighted by molar-refractivity contribution is -0.137. The number of aromatic nitrogens is 1. The highest BCUT2D eigenvalue weighted by molar-refractivity contribution is 7.11. The molecule has 0 radical (unpaired) electrons. The predicted molar refractivity (Wildman–Crippen MR) is 124 cm³/mol. The fourth-order valence-corrected chi connectivity index (χ4v) is 4.74. The van der Waals surface area contributed by atoms with E-state index in [0.29, 0.717) is 11.4 Å². The molecule has 0 fully saturated rings. The summed E-state index contributed by atoms with van der Waals surface area (Å²) in [5, 5.41) is 3.22. The number of para-hydroxylation sites is 1. The molecule has 0 saturated heterocycles. The number of nitrogens with zero attached hydrogens (tertiary/aromatic N) is 2. The fourth-order valence-electron chi connectivity index (χ4n) is 3.90. The maximum absolute atomic E-state index is 13.4. The van der Waals surface area contributed by atoms with Gasteiger partial charge in [-0.1, -0.05) is 12.1 Å². The first-order valence-corrected chi connectivity index (χ1v) is 11.3. The topological polar surface area (TPSA) is 71.5 Å². The zero-order valence-electron chi connectivity index (χ0n) is 18.9. The van der Waals surface area contributed by atoms with Crippen molar-refractivity contribution in [3.8, 4) is 17.0 Å². The first-order valence-electron chi connectivity index (χ1n) is 10.5. The van der Waals surface area contributed by atoms with Crippen molar-refractivity contribution in [3.63, 3.8) is 0 Å². The molecule has 2 amide bonds. The maximum Gasteiger partial charge on any atom is 0.418 e. The van der Waals surface area contributed by atoms with Gasteiger partial charge in [0.05, 0.1) is 27.6 Å². The molecule has 1 aromatic heterocycles. The monoisotopic (exact) mass is 489 g/mol. The lowest BCUT2D eigenvalue weighted by Gasteiger charge is -2.36. The Kier molecular flexibility index (Phi) is 6.11. The van der Waals surface area contributed by atoms with E-state index in [1.165, 1.54) is 41.4 Å². The van der Waals surface area contributed by atoms with E-state index in [4.69, 9.17) is 4.74 Å². The number of hydrogen-bond donors (Lipinski definition) is 1. The number of benzene rings is 2. The number of hydrogen-bond acceptors (Lipinski definition) is 5. The maximum atomic E-state index is 13.4. The van der Waals surface area contributed by atoms with Crippen molar-refractivity contribution in [1.82, 2.24) is 4.98 Å². The molecule has 2 heterocycles. The molecule has 4 rings (SSSR count). The Morgan fingerprint density at radius 2 is 1.91 bits per heavy atom. The average Bonchev–Trinajstić information content (AvgIpc) is 3.11. The molecule has 1 aliphatic rings. The van der Waals surface area contributed by atoms with Crippen LogP contribution in [0, 0.1) is 13.8 Å². The second-order valence-corrected chi connectivity index (χ2v) is 9.40. The van der Waals surface area contributed by atoms with E-state index in [2.05, 4.69) is 10.3 Å². The van der Waals surface area contributed by atoms with Gasteiger partial charge in [0.1, 0.15) is 11.8 Å². The fraction of sp³-hybridized carbons (Fsp3) is 0.292. The molecule has 0 aliphatic carbocycles. The Balaban J connectivity index is 1.70. The first-order chi connectivity index (χ1) is 16.0. The van der Waals surface area contributed by atoms with E-state index >= 15 is 0 Å². The molecule has 34 heavy (non-hydrogen) atoms. The van der Waals surface area contributed by atoms with E-state index in [9.17, 15) is 22.8 Å². The number of alkyl halides is 3. The molecule has 10 heteroatoms. The van der Waals surface area contributed by atoms with Gasteiger partial charge in [-0.05, 0) is 58.0 Å². The van der Waals surface area contributed by atoms with E-state index in [1.807, 2.05) is 19.9 Å². The summed E-state index contributed by atoms with van der Waals surface area (Å²) in [6.45, 7) is 6.86. The van der Waals surface area contributed by atoms with Gasteiger partial charge < -0.3 is 10.1 Å². The minimum absolute atomic E-state index is 0.359. The van der Waals surface area contributed by atoms with Crippen LogP contribution in [0.4, 0.5) is 24.5 Å². The number of rotatable bonds is 4. The van der Waals surface area contributed by atoms with E-state index in [1.54, 1.807) is 19.1 Å². The summed E-state index contributed by atoms with van der Waals surface area (Å²) in [4.78, 5) is 32.9. The van der Waals surface area contributed by atoms with Crippen LogP contribution in [-0.4, -0.2) is 28.9 Å². The highest BCUT2D eigenvalue weighted by atomic mass is 32.1. The third-order valence-electron chi connectivity index (χ3n) is 5.54. The third kappa shape index (κ3) is 4.37.